The monoisotopic (exact) mass is 231 g/mol. The number of likely N-dealkylation sites (tertiary alicyclic amines) is 1. The lowest BCUT2D eigenvalue weighted by Crippen LogP contribution is -2.39. The van der Waals surface area contributed by atoms with Gasteiger partial charge in [0.2, 0.25) is 0 Å². The van der Waals surface area contributed by atoms with E-state index in [1.807, 2.05) is 5.38 Å². The first-order valence-corrected chi connectivity index (χ1v) is 6.07. The predicted octanol–water partition coefficient (Wildman–Crippen LogP) is 1.72. The smallest absolute Gasteiger partial charge is 0.183 e. The second-order valence-corrected chi connectivity index (χ2v) is 5.15. The predicted molar refractivity (Wildman–Crippen MR) is 59.6 cm³/mol. The van der Waals surface area contributed by atoms with Crippen LogP contribution in [0.25, 0.3) is 0 Å². The molecule has 0 radical (unpaired) electrons. The first-order valence-electron chi connectivity index (χ1n) is 4.82. The molecule has 78 valence electrons. The van der Waals surface area contributed by atoms with E-state index in [1.54, 1.807) is 0 Å². The zero-order valence-electron chi connectivity index (χ0n) is 7.95. The maximum Gasteiger partial charge on any atom is 0.183 e. The summed E-state index contributed by atoms with van der Waals surface area (Å²) in [6.07, 6.45) is 2.19. The molecule has 2 heterocycles. The molecule has 0 spiro atoms. The van der Waals surface area contributed by atoms with Gasteiger partial charge in [-0.1, -0.05) is 11.6 Å². The van der Waals surface area contributed by atoms with Crippen molar-refractivity contribution in [3.05, 3.63) is 15.5 Å². The normalized spacial score (nSPS) is 20.1. The first-order chi connectivity index (χ1) is 6.74. The molecule has 0 saturated carbocycles. The number of thiazole rings is 1. The number of hydrogen-bond acceptors (Lipinski definition) is 4. The highest BCUT2D eigenvalue weighted by atomic mass is 35.5. The van der Waals surface area contributed by atoms with Gasteiger partial charge in [0.05, 0.1) is 5.69 Å². The summed E-state index contributed by atoms with van der Waals surface area (Å²) in [4.78, 5) is 6.62. The van der Waals surface area contributed by atoms with Crippen LogP contribution in [0.1, 0.15) is 18.5 Å². The molecule has 2 N–H and O–H groups in total. The summed E-state index contributed by atoms with van der Waals surface area (Å²) in [7, 11) is 0. The highest BCUT2D eigenvalue weighted by Gasteiger charge is 2.16. The summed E-state index contributed by atoms with van der Waals surface area (Å²) in [5.74, 6) is 0. The fourth-order valence-corrected chi connectivity index (χ4v) is 2.47. The second kappa shape index (κ2) is 4.57. The molecule has 1 aliphatic heterocycles. The van der Waals surface area contributed by atoms with E-state index >= 15 is 0 Å². The van der Waals surface area contributed by atoms with E-state index in [-0.39, 0.29) is 0 Å². The van der Waals surface area contributed by atoms with E-state index in [2.05, 4.69) is 9.88 Å². The van der Waals surface area contributed by atoms with Crippen LogP contribution in [0.15, 0.2) is 5.38 Å². The van der Waals surface area contributed by atoms with Crippen molar-refractivity contribution in [2.24, 2.45) is 5.73 Å². The van der Waals surface area contributed by atoms with Gasteiger partial charge in [-0.15, -0.1) is 11.3 Å². The third-order valence-electron chi connectivity index (χ3n) is 2.54. The topological polar surface area (TPSA) is 42.1 Å². The van der Waals surface area contributed by atoms with Gasteiger partial charge in [-0.3, -0.25) is 4.90 Å². The van der Waals surface area contributed by atoms with E-state index in [1.165, 1.54) is 11.3 Å². The zero-order valence-corrected chi connectivity index (χ0v) is 9.52. The number of hydrogen-bond donors (Lipinski definition) is 1. The lowest BCUT2D eigenvalue weighted by atomic mass is 10.1. The Morgan fingerprint density at radius 3 is 2.86 bits per heavy atom. The van der Waals surface area contributed by atoms with E-state index in [0.29, 0.717) is 10.5 Å². The number of halogens is 1. The first kappa shape index (κ1) is 10.4. The van der Waals surface area contributed by atoms with E-state index in [4.69, 9.17) is 17.3 Å². The van der Waals surface area contributed by atoms with Gasteiger partial charge >= 0.3 is 0 Å². The molecule has 0 amide bonds. The van der Waals surface area contributed by atoms with E-state index in [9.17, 15) is 0 Å². The Morgan fingerprint density at radius 2 is 2.29 bits per heavy atom. The summed E-state index contributed by atoms with van der Waals surface area (Å²) in [6.45, 7) is 3.07. The number of nitrogens with two attached hydrogens (primary N) is 1. The minimum atomic E-state index is 0.394. The summed E-state index contributed by atoms with van der Waals surface area (Å²) >= 11 is 7.27. The van der Waals surface area contributed by atoms with Gasteiger partial charge < -0.3 is 5.73 Å². The standard InChI is InChI=1S/C9H14ClN3S/c10-9-12-8(6-14-9)5-13-3-1-7(11)2-4-13/h6-7H,1-5,11H2. The SMILES string of the molecule is NC1CCN(Cc2csc(Cl)n2)CC1. The maximum absolute atomic E-state index is 5.83. The van der Waals surface area contributed by atoms with Gasteiger partial charge in [-0.25, -0.2) is 4.98 Å². The van der Waals surface area contributed by atoms with Crippen LogP contribution in [0.2, 0.25) is 4.47 Å². The van der Waals surface area contributed by atoms with Crippen molar-refractivity contribution in [3.63, 3.8) is 0 Å². The Kier molecular flexibility index (Phi) is 3.38. The second-order valence-electron chi connectivity index (χ2n) is 3.71. The summed E-state index contributed by atoms with van der Waals surface area (Å²) in [5.41, 5.74) is 6.91. The molecule has 1 aliphatic rings. The zero-order chi connectivity index (χ0) is 9.97. The highest BCUT2D eigenvalue weighted by Crippen LogP contribution is 2.18. The van der Waals surface area contributed by atoms with Crippen LogP contribution in [0, 0.1) is 0 Å². The number of rotatable bonds is 2. The molecule has 1 fully saturated rings. The Balaban J connectivity index is 1.86. The molecule has 0 aliphatic carbocycles. The van der Waals surface area contributed by atoms with Crippen LogP contribution < -0.4 is 5.73 Å². The average molecular weight is 232 g/mol. The largest absolute Gasteiger partial charge is 0.328 e. The van der Waals surface area contributed by atoms with Gasteiger partial charge in [0.25, 0.3) is 0 Å². The van der Waals surface area contributed by atoms with E-state index in [0.717, 1.165) is 38.2 Å². The van der Waals surface area contributed by atoms with Crippen LogP contribution in [-0.4, -0.2) is 29.0 Å². The van der Waals surface area contributed by atoms with Gasteiger partial charge in [0.1, 0.15) is 0 Å². The molecule has 1 aromatic rings. The molecular weight excluding hydrogens is 218 g/mol. The van der Waals surface area contributed by atoms with Crippen LogP contribution >= 0.6 is 22.9 Å². The lowest BCUT2D eigenvalue weighted by Gasteiger charge is -2.29. The van der Waals surface area contributed by atoms with Gasteiger partial charge in [-0.2, -0.15) is 0 Å². The van der Waals surface area contributed by atoms with Crippen molar-refractivity contribution in [1.82, 2.24) is 9.88 Å². The van der Waals surface area contributed by atoms with Gasteiger partial charge in [-0.05, 0) is 12.8 Å². The fourth-order valence-electron chi connectivity index (χ4n) is 1.70. The minimum Gasteiger partial charge on any atom is -0.328 e. The van der Waals surface area contributed by atoms with Crippen LogP contribution in [0.5, 0.6) is 0 Å². The van der Waals surface area contributed by atoms with Crippen molar-refractivity contribution in [2.45, 2.75) is 25.4 Å². The van der Waals surface area contributed by atoms with E-state index < -0.39 is 0 Å². The number of piperidine rings is 1. The highest BCUT2D eigenvalue weighted by molar-refractivity contribution is 7.13. The van der Waals surface area contributed by atoms with Crippen molar-refractivity contribution in [3.8, 4) is 0 Å². The van der Waals surface area contributed by atoms with Crippen molar-refractivity contribution in [1.29, 1.82) is 0 Å². The van der Waals surface area contributed by atoms with Gasteiger partial charge in [0, 0.05) is 31.1 Å². The molecule has 0 atom stereocenters. The molecule has 0 bridgehead atoms. The van der Waals surface area contributed by atoms with Crippen LogP contribution in [-0.2, 0) is 6.54 Å². The molecule has 3 nitrogen and oxygen atoms in total. The molecule has 1 aromatic heterocycles. The van der Waals surface area contributed by atoms with Crippen molar-refractivity contribution < 1.29 is 0 Å². The Hall–Kier alpha value is -0.160. The summed E-state index contributed by atoms with van der Waals surface area (Å²) < 4.78 is 0.633. The molecule has 0 unspecified atom stereocenters. The van der Waals surface area contributed by atoms with Crippen molar-refractivity contribution >= 4 is 22.9 Å². The molecule has 2 rings (SSSR count). The summed E-state index contributed by atoms with van der Waals surface area (Å²) in [6, 6.07) is 0.394. The van der Waals surface area contributed by atoms with Crippen molar-refractivity contribution in [2.75, 3.05) is 13.1 Å². The summed E-state index contributed by atoms with van der Waals surface area (Å²) in [5, 5.41) is 2.02. The number of nitrogens with zero attached hydrogens (tertiary/aromatic N) is 2. The molecule has 14 heavy (non-hydrogen) atoms. The molecule has 5 heteroatoms. The van der Waals surface area contributed by atoms with Gasteiger partial charge in [0.15, 0.2) is 4.47 Å². The van der Waals surface area contributed by atoms with Crippen LogP contribution in [0.4, 0.5) is 0 Å². The fraction of sp³-hybridized carbons (Fsp3) is 0.667. The molecular formula is C9H14ClN3S. The Labute approximate surface area is 92.9 Å². The quantitative estimate of drug-likeness (QED) is 0.843. The minimum absolute atomic E-state index is 0.394. The molecule has 1 saturated heterocycles. The number of aromatic nitrogens is 1. The third kappa shape index (κ3) is 2.67. The maximum atomic E-state index is 5.83. The van der Waals surface area contributed by atoms with Crippen LogP contribution in [0.3, 0.4) is 0 Å². The lowest BCUT2D eigenvalue weighted by molar-refractivity contribution is 0.204. The Morgan fingerprint density at radius 1 is 1.57 bits per heavy atom. The molecule has 0 aromatic carbocycles. The Bertz CT molecular complexity index is 294. The average Bonchev–Trinajstić information content (AvgIpc) is 2.56. The third-order valence-corrected chi connectivity index (χ3v) is 3.57.